The molecule has 2 saturated heterocycles. The van der Waals surface area contributed by atoms with Crippen molar-refractivity contribution in [2.75, 3.05) is 18.1 Å². The Morgan fingerprint density at radius 1 is 1.35 bits per heavy atom. The number of piperidine rings is 1. The van der Waals surface area contributed by atoms with Gasteiger partial charge in [0.25, 0.3) is 0 Å². The number of hydrogen-bond donors (Lipinski definition) is 1. The first kappa shape index (κ1) is 13.7. The molecule has 3 atom stereocenters. The van der Waals surface area contributed by atoms with Gasteiger partial charge in [-0.25, -0.2) is 0 Å². The summed E-state index contributed by atoms with van der Waals surface area (Å²) < 4.78 is 0. The summed E-state index contributed by atoms with van der Waals surface area (Å²) in [6.07, 6.45) is 5.37. The van der Waals surface area contributed by atoms with E-state index in [9.17, 15) is 0 Å². The Bertz CT molecular complexity index is 255. The first-order chi connectivity index (χ1) is 8.06. The first-order valence-electron chi connectivity index (χ1n) is 7.11. The maximum Gasteiger partial charge on any atom is 0.0244 e. The molecule has 3 heteroatoms. The van der Waals surface area contributed by atoms with Crippen LogP contribution in [0, 0.1) is 5.41 Å². The quantitative estimate of drug-likeness (QED) is 0.824. The van der Waals surface area contributed by atoms with Gasteiger partial charge in [-0.2, -0.15) is 11.8 Å². The topological polar surface area (TPSA) is 29.3 Å². The van der Waals surface area contributed by atoms with E-state index in [1.54, 1.807) is 0 Å². The molecule has 0 amide bonds. The molecule has 2 fully saturated rings. The van der Waals surface area contributed by atoms with Gasteiger partial charge in [-0.15, -0.1) is 0 Å². The molecule has 100 valence electrons. The van der Waals surface area contributed by atoms with Crippen molar-refractivity contribution >= 4 is 11.8 Å². The van der Waals surface area contributed by atoms with Crippen molar-refractivity contribution in [3.05, 3.63) is 0 Å². The minimum Gasteiger partial charge on any atom is -0.329 e. The predicted molar refractivity (Wildman–Crippen MR) is 77.5 cm³/mol. The van der Waals surface area contributed by atoms with Gasteiger partial charge in [-0.1, -0.05) is 20.3 Å². The molecule has 0 aromatic carbocycles. The van der Waals surface area contributed by atoms with E-state index in [0.717, 1.165) is 18.6 Å². The molecule has 0 aliphatic carbocycles. The summed E-state index contributed by atoms with van der Waals surface area (Å²) in [7, 11) is 0. The standard InChI is InChI=1S/C14H28N2S/c1-11-5-4-6-12(9-15)16(11)13-10-17-8-7-14(13,2)3/h11-13H,4-10,15H2,1-3H3. The van der Waals surface area contributed by atoms with E-state index in [4.69, 9.17) is 5.73 Å². The minimum atomic E-state index is 0.463. The van der Waals surface area contributed by atoms with Gasteiger partial charge >= 0.3 is 0 Å². The van der Waals surface area contributed by atoms with Crippen molar-refractivity contribution in [1.82, 2.24) is 4.90 Å². The monoisotopic (exact) mass is 256 g/mol. The molecule has 2 nitrogen and oxygen atoms in total. The van der Waals surface area contributed by atoms with Crippen LogP contribution < -0.4 is 5.73 Å². The molecular weight excluding hydrogens is 228 g/mol. The normalized spacial score (nSPS) is 39.2. The summed E-state index contributed by atoms with van der Waals surface area (Å²) in [6, 6.07) is 2.08. The maximum atomic E-state index is 6.00. The van der Waals surface area contributed by atoms with Crippen LogP contribution in [0.15, 0.2) is 0 Å². The summed E-state index contributed by atoms with van der Waals surface area (Å²) in [5.74, 6) is 2.63. The molecule has 0 bridgehead atoms. The minimum absolute atomic E-state index is 0.463. The molecule has 0 aromatic heterocycles. The number of nitrogens with zero attached hydrogens (tertiary/aromatic N) is 1. The molecule has 2 rings (SSSR count). The van der Waals surface area contributed by atoms with Crippen LogP contribution in [-0.4, -0.2) is 41.1 Å². The Balaban J connectivity index is 2.16. The summed E-state index contributed by atoms with van der Waals surface area (Å²) in [5.41, 5.74) is 6.47. The second-order valence-electron chi connectivity index (χ2n) is 6.45. The highest BCUT2D eigenvalue weighted by atomic mass is 32.2. The Labute approximate surface area is 111 Å². The summed E-state index contributed by atoms with van der Waals surface area (Å²) in [5, 5.41) is 0. The molecule has 0 radical (unpaired) electrons. The van der Waals surface area contributed by atoms with E-state index in [-0.39, 0.29) is 0 Å². The van der Waals surface area contributed by atoms with Crippen LogP contribution in [0.5, 0.6) is 0 Å². The van der Waals surface area contributed by atoms with Crippen molar-refractivity contribution < 1.29 is 0 Å². The molecule has 3 unspecified atom stereocenters. The SMILES string of the molecule is CC1CCCC(CN)N1C1CSCCC1(C)C. The Kier molecular flexibility index (Phi) is 4.43. The van der Waals surface area contributed by atoms with E-state index in [1.807, 2.05) is 0 Å². The highest BCUT2D eigenvalue weighted by molar-refractivity contribution is 7.99. The van der Waals surface area contributed by atoms with Crippen LogP contribution >= 0.6 is 11.8 Å². The van der Waals surface area contributed by atoms with Gasteiger partial charge in [0.1, 0.15) is 0 Å². The third kappa shape index (κ3) is 2.82. The fourth-order valence-electron chi connectivity index (χ4n) is 3.52. The average Bonchev–Trinajstić information content (AvgIpc) is 2.29. The van der Waals surface area contributed by atoms with Crippen LogP contribution in [-0.2, 0) is 0 Å². The molecular formula is C14H28N2S. The molecule has 17 heavy (non-hydrogen) atoms. The van der Waals surface area contributed by atoms with E-state index < -0.39 is 0 Å². The lowest BCUT2D eigenvalue weighted by Gasteiger charge is -2.52. The number of nitrogens with two attached hydrogens (primary N) is 1. The number of rotatable bonds is 2. The van der Waals surface area contributed by atoms with Gasteiger partial charge in [-0.05, 0) is 37.4 Å². The van der Waals surface area contributed by atoms with Gasteiger partial charge in [0.2, 0.25) is 0 Å². The smallest absolute Gasteiger partial charge is 0.0244 e. The molecule has 0 spiro atoms. The fourth-order valence-corrected chi connectivity index (χ4v) is 5.20. The second-order valence-corrected chi connectivity index (χ2v) is 7.60. The van der Waals surface area contributed by atoms with Crippen molar-refractivity contribution in [1.29, 1.82) is 0 Å². The number of hydrogen-bond acceptors (Lipinski definition) is 3. The summed E-state index contributed by atoms with van der Waals surface area (Å²) >= 11 is 2.13. The van der Waals surface area contributed by atoms with Crippen LogP contribution in [0.1, 0.15) is 46.5 Å². The third-order valence-electron chi connectivity index (χ3n) is 4.79. The first-order valence-corrected chi connectivity index (χ1v) is 8.27. The molecule has 2 aliphatic heterocycles. The lowest BCUT2D eigenvalue weighted by atomic mass is 9.78. The number of likely N-dealkylation sites (tertiary alicyclic amines) is 1. The summed E-state index contributed by atoms with van der Waals surface area (Å²) in [6.45, 7) is 8.14. The van der Waals surface area contributed by atoms with Gasteiger partial charge in [-0.3, -0.25) is 4.90 Å². The van der Waals surface area contributed by atoms with Gasteiger partial charge in [0.05, 0.1) is 0 Å². The lowest BCUT2D eigenvalue weighted by molar-refractivity contribution is 0.00212. The maximum absolute atomic E-state index is 6.00. The Morgan fingerprint density at radius 3 is 2.76 bits per heavy atom. The van der Waals surface area contributed by atoms with Gasteiger partial charge < -0.3 is 5.73 Å². The Morgan fingerprint density at radius 2 is 2.12 bits per heavy atom. The highest BCUT2D eigenvalue weighted by Crippen LogP contribution is 2.40. The third-order valence-corrected chi connectivity index (χ3v) is 5.83. The molecule has 2 heterocycles. The Hall–Kier alpha value is 0.270. The van der Waals surface area contributed by atoms with Crippen molar-refractivity contribution in [3.8, 4) is 0 Å². The zero-order chi connectivity index (χ0) is 12.5. The van der Waals surface area contributed by atoms with E-state index in [0.29, 0.717) is 11.5 Å². The van der Waals surface area contributed by atoms with Crippen LogP contribution in [0.25, 0.3) is 0 Å². The van der Waals surface area contributed by atoms with Crippen molar-refractivity contribution in [2.24, 2.45) is 11.1 Å². The van der Waals surface area contributed by atoms with Crippen LogP contribution in [0.2, 0.25) is 0 Å². The lowest BCUT2D eigenvalue weighted by Crippen LogP contribution is -2.60. The zero-order valence-electron chi connectivity index (χ0n) is 11.6. The van der Waals surface area contributed by atoms with E-state index >= 15 is 0 Å². The van der Waals surface area contributed by atoms with E-state index in [1.165, 1.54) is 37.2 Å². The molecule has 2 N–H and O–H groups in total. The van der Waals surface area contributed by atoms with Crippen LogP contribution in [0.3, 0.4) is 0 Å². The number of thioether (sulfide) groups is 1. The highest BCUT2D eigenvalue weighted by Gasteiger charge is 2.41. The van der Waals surface area contributed by atoms with Gasteiger partial charge in [0.15, 0.2) is 0 Å². The molecule has 0 saturated carbocycles. The fraction of sp³-hybridized carbons (Fsp3) is 1.00. The summed E-state index contributed by atoms with van der Waals surface area (Å²) in [4.78, 5) is 2.77. The van der Waals surface area contributed by atoms with Gasteiger partial charge in [0, 0.05) is 30.4 Å². The van der Waals surface area contributed by atoms with Crippen molar-refractivity contribution in [3.63, 3.8) is 0 Å². The second kappa shape index (κ2) is 5.50. The van der Waals surface area contributed by atoms with Crippen molar-refractivity contribution in [2.45, 2.75) is 64.6 Å². The average molecular weight is 256 g/mol. The molecule has 0 aromatic rings. The predicted octanol–water partition coefficient (Wildman–Crippen LogP) is 2.72. The van der Waals surface area contributed by atoms with E-state index in [2.05, 4.69) is 37.4 Å². The zero-order valence-corrected chi connectivity index (χ0v) is 12.4. The molecule has 2 aliphatic rings. The largest absolute Gasteiger partial charge is 0.329 e. The van der Waals surface area contributed by atoms with Crippen LogP contribution in [0.4, 0.5) is 0 Å².